The molecule has 0 unspecified atom stereocenters. The first-order chi connectivity index (χ1) is 12.5. The lowest BCUT2D eigenvalue weighted by atomic mass is 10.0. The number of nitrogens with zero attached hydrogens (tertiary/aromatic N) is 1. The molecule has 0 aromatic rings. The van der Waals surface area contributed by atoms with E-state index >= 15 is 0 Å². The number of rotatable bonds is 19. The molecule has 0 aromatic carbocycles. The highest BCUT2D eigenvalue weighted by molar-refractivity contribution is 6.52. The van der Waals surface area contributed by atoms with Gasteiger partial charge in [-0.05, 0) is 12.8 Å². The van der Waals surface area contributed by atoms with Crippen LogP contribution in [-0.4, -0.2) is 55.1 Å². The zero-order valence-electron chi connectivity index (χ0n) is 19.2. The second kappa shape index (κ2) is 18.4. The van der Waals surface area contributed by atoms with E-state index in [1.165, 1.54) is 89.9 Å². The third kappa shape index (κ3) is 12.5. The van der Waals surface area contributed by atoms with E-state index in [4.69, 9.17) is 13.3 Å². The highest BCUT2D eigenvalue weighted by Crippen LogP contribution is 2.20. The van der Waals surface area contributed by atoms with Gasteiger partial charge in [0, 0.05) is 21.3 Å². The van der Waals surface area contributed by atoms with Gasteiger partial charge in [0.2, 0.25) is 0 Å². The number of hydrogen-bond donors (Lipinski definition) is 0. The van der Waals surface area contributed by atoms with Gasteiger partial charge in [0.05, 0.1) is 20.6 Å². The molecule has 0 amide bonds. The molecule has 6 heteroatoms. The van der Waals surface area contributed by atoms with Gasteiger partial charge in [-0.1, -0.05) is 84.0 Å². The van der Waals surface area contributed by atoms with E-state index in [0.29, 0.717) is 4.15 Å². The second-order valence-corrected chi connectivity index (χ2v) is 11.6. The minimum absolute atomic E-state index is 0. The van der Waals surface area contributed by atoms with Crippen molar-refractivity contribution in [2.45, 2.75) is 96.8 Å². The fourth-order valence-corrected chi connectivity index (χ4v) is 6.24. The van der Waals surface area contributed by atoms with Crippen LogP contribution in [0.15, 0.2) is 0 Å². The van der Waals surface area contributed by atoms with Gasteiger partial charge in [-0.25, -0.2) is 0 Å². The van der Waals surface area contributed by atoms with Crippen LogP contribution in [0.4, 0.5) is 0 Å². The van der Waals surface area contributed by atoms with Gasteiger partial charge in [-0.3, -0.25) is 0 Å². The molecule has 0 N–H and O–H groups in total. The molecule has 0 saturated carbocycles. The molecule has 0 fully saturated rings. The summed E-state index contributed by atoms with van der Waals surface area (Å²) in [6.45, 7) is 3.33. The first-order valence-electron chi connectivity index (χ1n) is 11.0. The van der Waals surface area contributed by atoms with E-state index in [1.54, 1.807) is 21.3 Å². The van der Waals surface area contributed by atoms with Crippen LogP contribution >= 0.6 is 0 Å². The summed E-state index contributed by atoms with van der Waals surface area (Å²) in [5, 5.41) is 0. The quantitative estimate of drug-likeness (QED) is 0.235. The van der Waals surface area contributed by atoms with Crippen molar-refractivity contribution in [3.05, 3.63) is 0 Å². The van der Waals surface area contributed by atoms with Crippen LogP contribution in [0.2, 0.25) is 0 Å². The second-order valence-electron chi connectivity index (χ2n) is 8.14. The summed E-state index contributed by atoms with van der Waals surface area (Å²) >= 11 is 0. The molecular formula is C21H48ClNO3Si. The largest absolute Gasteiger partial charge is 1.00 e. The Hall–Kier alpha value is 0.347. The molecule has 27 heavy (non-hydrogen) atoms. The van der Waals surface area contributed by atoms with Gasteiger partial charge in [-0.2, -0.15) is 0 Å². The Morgan fingerprint density at radius 3 is 1.15 bits per heavy atom. The maximum absolute atomic E-state index is 5.64. The monoisotopic (exact) mass is 425 g/mol. The molecule has 0 aromatic heterocycles. The van der Waals surface area contributed by atoms with Crippen molar-refractivity contribution in [1.29, 1.82) is 0 Å². The Bertz CT molecular complexity index is 308. The molecule has 166 valence electrons. The zero-order chi connectivity index (χ0) is 19.7. The van der Waals surface area contributed by atoms with Crippen molar-refractivity contribution in [2.75, 3.05) is 42.0 Å². The van der Waals surface area contributed by atoms with Crippen LogP contribution in [0.1, 0.15) is 96.8 Å². The molecule has 0 aliphatic carbocycles. The summed E-state index contributed by atoms with van der Waals surface area (Å²) in [6.07, 6.45) is 19.5. The van der Waals surface area contributed by atoms with Crippen molar-refractivity contribution in [3.63, 3.8) is 0 Å². The average molecular weight is 426 g/mol. The molecule has 0 spiro atoms. The SMILES string of the molecule is CCCCCCCCCCCCCCCC[N+](C)(C)[Si](OC)(OC)OC.[Cl-]. The van der Waals surface area contributed by atoms with Gasteiger partial charge >= 0.3 is 8.97 Å². The lowest BCUT2D eigenvalue weighted by Crippen LogP contribution is -3.00. The van der Waals surface area contributed by atoms with E-state index in [1.807, 2.05) is 0 Å². The van der Waals surface area contributed by atoms with Crippen molar-refractivity contribution in [2.24, 2.45) is 0 Å². The fraction of sp³-hybridized carbons (Fsp3) is 1.00. The standard InChI is InChI=1S/C21H48NO3Si.ClH/c1-7-8-9-10-11-12-13-14-15-16-17-18-19-20-21-22(2,3)26(23-4,24-5)25-6;/h7-21H2,1-6H3;1H/q+1;/p-1. The van der Waals surface area contributed by atoms with E-state index < -0.39 is 8.97 Å². The summed E-state index contributed by atoms with van der Waals surface area (Å²) in [6, 6.07) is 0. The van der Waals surface area contributed by atoms with Crippen LogP contribution in [0.5, 0.6) is 0 Å². The van der Waals surface area contributed by atoms with E-state index in [0.717, 1.165) is 6.54 Å². The lowest BCUT2D eigenvalue weighted by molar-refractivity contribution is -0.819. The van der Waals surface area contributed by atoms with Crippen molar-refractivity contribution in [1.82, 2.24) is 0 Å². The van der Waals surface area contributed by atoms with Crippen molar-refractivity contribution >= 4 is 8.97 Å². The topological polar surface area (TPSA) is 27.7 Å². The average Bonchev–Trinajstić information content (AvgIpc) is 2.63. The molecule has 0 atom stereocenters. The zero-order valence-corrected chi connectivity index (χ0v) is 20.9. The van der Waals surface area contributed by atoms with Crippen LogP contribution < -0.4 is 12.4 Å². The van der Waals surface area contributed by atoms with Gasteiger partial charge in [0.15, 0.2) is 0 Å². The van der Waals surface area contributed by atoms with Gasteiger partial charge in [0.1, 0.15) is 0 Å². The number of hydrogen-bond acceptors (Lipinski definition) is 3. The number of unbranched alkanes of at least 4 members (excludes halogenated alkanes) is 13. The minimum atomic E-state index is -2.61. The Labute approximate surface area is 177 Å². The van der Waals surface area contributed by atoms with E-state index in [9.17, 15) is 0 Å². The highest BCUT2D eigenvalue weighted by atomic mass is 35.5. The first kappa shape index (κ1) is 29.5. The molecular weight excluding hydrogens is 378 g/mol. The third-order valence-electron chi connectivity index (χ3n) is 5.59. The Morgan fingerprint density at radius 2 is 0.852 bits per heavy atom. The Balaban J connectivity index is 0. The Kier molecular flexibility index (Phi) is 20.1. The van der Waals surface area contributed by atoms with Crippen LogP contribution in [0.3, 0.4) is 0 Å². The third-order valence-corrected chi connectivity index (χ3v) is 8.84. The maximum Gasteiger partial charge on any atom is 0.783 e. The maximum atomic E-state index is 5.64. The molecule has 4 nitrogen and oxygen atoms in total. The predicted molar refractivity (Wildman–Crippen MR) is 114 cm³/mol. The molecule has 0 rings (SSSR count). The van der Waals surface area contributed by atoms with Crippen molar-refractivity contribution in [3.8, 4) is 0 Å². The minimum Gasteiger partial charge on any atom is -1.00 e. The molecule has 0 aliphatic heterocycles. The molecule has 0 bridgehead atoms. The van der Waals surface area contributed by atoms with E-state index in [-0.39, 0.29) is 12.4 Å². The number of quaternary nitrogens is 1. The summed E-state index contributed by atoms with van der Waals surface area (Å²) in [5.74, 6) is 0. The normalized spacial score (nSPS) is 12.2. The molecule has 0 radical (unpaired) electrons. The van der Waals surface area contributed by atoms with Crippen molar-refractivity contribution < 1.29 is 29.8 Å². The van der Waals surface area contributed by atoms with Gasteiger partial charge < -0.3 is 29.8 Å². The molecule has 0 aliphatic rings. The first-order valence-corrected chi connectivity index (χ1v) is 12.7. The van der Waals surface area contributed by atoms with Crippen LogP contribution in [0.25, 0.3) is 0 Å². The Morgan fingerprint density at radius 1 is 0.556 bits per heavy atom. The fourth-order valence-electron chi connectivity index (χ4n) is 3.83. The van der Waals surface area contributed by atoms with E-state index in [2.05, 4.69) is 21.0 Å². The van der Waals surface area contributed by atoms with Crippen LogP contribution in [0, 0.1) is 0 Å². The number of halogens is 1. The summed E-state index contributed by atoms with van der Waals surface area (Å²) in [7, 11) is 6.80. The van der Waals surface area contributed by atoms with Crippen LogP contribution in [-0.2, 0) is 13.3 Å². The summed E-state index contributed by atoms with van der Waals surface area (Å²) in [4.78, 5) is 0. The van der Waals surface area contributed by atoms with Gasteiger partial charge in [-0.15, -0.1) is 0 Å². The molecule has 0 heterocycles. The smallest absolute Gasteiger partial charge is 0.783 e. The summed E-state index contributed by atoms with van der Waals surface area (Å²) in [5.41, 5.74) is 0. The summed E-state index contributed by atoms with van der Waals surface area (Å²) < 4.78 is 17.6. The lowest BCUT2D eigenvalue weighted by Gasteiger charge is -2.39. The highest BCUT2D eigenvalue weighted by Gasteiger charge is 2.59. The molecule has 0 saturated heterocycles. The predicted octanol–water partition coefficient (Wildman–Crippen LogP) is 2.92. The van der Waals surface area contributed by atoms with Gasteiger partial charge in [0.25, 0.3) is 0 Å².